The van der Waals surface area contributed by atoms with Crippen LogP contribution < -0.4 is 0 Å². The minimum atomic E-state index is -0.425. The van der Waals surface area contributed by atoms with Crippen LogP contribution >= 0.6 is 0 Å². The van der Waals surface area contributed by atoms with E-state index < -0.39 is 4.92 Å². The molecular weight excluding hydrogens is 360 g/mol. The van der Waals surface area contributed by atoms with Crippen LogP contribution in [-0.4, -0.2) is 64.8 Å². The lowest BCUT2D eigenvalue weighted by molar-refractivity contribution is -0.384. The number of piperidine rings is 1. The van der Waals surface area contributed by atoms with Gasteiger partial charge in [0.1, 0.15) is 0 Å². The molecule has 3 amide bonds. The van der Waals surface area contributed by atoms with Crippen LogP contribution in [0.15, 0.2) is 24.3 Å². The van der Waals surface area contributed by atoms with Gasteiger partial charge in [0.25, 0.3) is 5.69 Å². The van der Waals surface area contributed by atoms with E-state index in [9.17, 15) is 19.7 Å². The Morgan fingerprint density at radius 1 is 1.14 bits per heavy atom. The molecule has 0 aromatic heterocycles. The van der Waals surface area contributed by atoms with Gasteiger partial charge in [0.15, 0.2) is 0 Å². The fourth-order valence-electron chi connectivity index (χ4n) is 4.03. The highest BCUT2D eigenvalue weighted by molar-refractivity contribution is 5.80. The van der Waals surface area contributed by atoms with Crippen LogP contribution in [0.1, 0.15) is 44.2 Å². The first-order valence-corrected chi connectivity index (χ1v) is 9.93. The van der Waals surface area contributed by atoms with Gasteiger partial charge >= 0.3 is 6.03 Å². The number of carbonyl (C=O) groups excluding carboxylic acids is 2. The summed E-state index contributed by atoms with van der Waals surface area (Å²) in [5, 5.41) is 11.0. The lowest BCUT2D eigenvalue weighted by atomic mass is 9.94. The predicted octanol–water partition coefficient (Wildman–Crippen LogP) is 3.04. The van der Waals surface area contributed by atoms with E-state index in [1.165, 1.54) is 12.1 Å². The maximum atomic E-state index is 12.9. The van der Waals surface area contributed by atoms with Crippen molar-refractivity contribution in [2.75, 3.05) is 33.2 Å². The number of amides is 3. The second kappa shape index (κ2) is 8.58. The molecular formula is C20H28N4O4. The normalized spacial score (nSPS) is 18.8. The third-order valence-corrected chi connectivity index (χ3v) is 5.98. The van der Waals surface area contributed by atoms with Gasteiger partial charge in [0, 0.05) is 51.3 Å². The zero-order chi connectivity index (χ0) is 20.3. The van der Waals surface area contributed by atoms with Gasteiger partial charge in [-0.2, -0.15) is 0 Å². The molecule has 0 saturated carbocycles. The summed E-state index contributed by atoms with van der Waals surface area (Å²) >= 11 is 0. The molecule has 1 unspecified atom stereocenters. The number of non-ortho nitro benzene ring substituents is 1. The van der Waals surface area contributed by atoms with Crippen molar-refractivity contribution in [2.24, 2.45) is 5.92 Å². The zero-order valence-corrected chi connectivity index (χ0v) is 16.5. The zero-order valence-electron chi connectivity index (χ0n) is 16.5. The number of urea groups is 1. The second-order valence-electron chi connectivity index (χ2n) is 7.72. The maximum Gasteiger partial charge on any atom is 0.319 e. The van der Waals surface area contributed by atoms with E-state index in [0.717, 1.165) is 31.5 Å². The lowest BCUT2D eigenvalue weighted by Crippen LogP contribution is -2.48. The van der Waals surface area contributed by atoms with Gasteiger partial charge in [-0.05, 0) is 38.2 Å². The first-order valence-electron chi connectivity index (χ1n) is 9.93. The molecule has 28 heavy (non-hydrogen) atoms. The predicted molar refractivity (Wildman–Crippen MR) is 105 cm³/mol. The Morgan fingerprint density at radius 2 is 1.75 bits per heavy atom. The van der Waals surface area contributed by atoms with E-state index >= 15 is 0 Å². The summed E-state index contributed by atoms with van der Waals surface area (Å²) in [6.45, 7) is 4.75. The maximum absolute atomic E-state index is 12.9. The summed E-state index contributed by atoms with van der Waals surface area (Å²) in [4.78, 5) is 41.4. The van der Waals surface area contributed by atoms with Crippen molar-refractivity contribution in [3.63, 3.8) is 0 Å². The smallest absolute Gasteiger partial charge is 0.319 e. The van der Waals surface area contributed by atoms with Crippen LogP contribution in [0.25, 0.3) is 0 Å². The standard InChI is InChI=1S/C20H28N4O4/c1-15(17-6-5-7-18(14-17)24(27)28)21(2)19(25)16-8-12-23(13-9-16)20(26)22-10-3-4-11-22/h5-7,14-16H,3-4,8-13H2,1-2H3. The van der Waals surface area contributed by atoms with Gasteiger partial charge in [-0.1, -0.05) is 12.1 Å². The van der Waals surface area contributed by atoms with Crippen LogP contribution in [0.4, 0.5) is 10.5 Å². The highest BCUT2D eigenvalue weighted by atomic mass is 16.6. The van der Waals surface area contributed by atoms with Gasteiger partial charge < -0.3 is 14.7 Å². The molecule has 3 rings (SSSR count). The molecule has 8 nitrogen and oxygen atoms in total. The van der Waals surface area contributed by atoms with Crippen LogP contribution in [0, 0.1) is 16.0 Å². The molecule has 2 aliphatic heterocycles. The largest absolute Gasteiger partial charge is 0.339 e. The van der Waals surface area contributed by atoms with Crippen molar-refractivity contribution in [3.05, 3.63) is 39.9 Å². The summed E-state index contributed by atoms with van der Waals surface area (Å²) < 4.78 is 0. The van der Waals surface area contributed by atoms with Crippen LogP contribution in [0.5, 0.6) is 0 Å². The van der Waals surface area contributed by atoms with Crippen molar-refractivity contribution in [2.45, 2.75) is 38.6 Å². The molecule has 2 saturated heterocycles. The van der Waals surface area contributed by atoms with Crippen molar-refractivity contribution in [1.29, 1.82) is 0 Å². The molecule has 0 bridgehead atoms. The van der Waals surface area contributed by atoms with E-state index in [0.29, 0.717) is 25.9 Å². The number of nitro benzene ring substituents is 1. The fraction of sp³-hybridized carbons (Fsp3) is 0.600. The number of hydrogen-bond donors (Lipinski definition) is 0. The Hall–Kier alpha value is -2.64. The summed E-state index contributed by atoms with van der Waals surface area (Å²) in [5.74, 6) is -0.0824. The van der Waals surface area contributed by atoms with Crippen molar-refractivity contribution >= 4 is 17.6 Å². The molecule has 8 heteroatoms. The van der Waals surface area contributed by atoms with Gasteiger partial charge in [0.05, 0.1) is 11.0 Å². The monoisotopic (exact) mass is 388 g/mol. The Kier molecular flexibility index (Phi) is 6.16. The molecule has 152 valence electrons. The number of rotatable bonds is 4. The average molecular weight is 388 g/mol. The Balaban J connectivity index is 1.57. The van der Waals surface area contributed by atoms with E-state index in [2.05, 4.69) is 0 Å². The van der Waals surface area contributed by atoms with E-state index in [4.69, 9.17) is 0 Å². The highest BCUT2D eigenvalue weighted by Gasteiger charge is 2.33. The molecule has 1 atom stereocenters. The van der Waals surface area contributed by atoms with E-state index in [1.54, 1.807) is 24.1 Å². The number of likely N-dealkylation sites (tertiary alicyclic amines) is 2. The molecule has 1 aromatic carbocycles. The molecule has 2 heterocycles. The second-order valence-corrected chi connectivity index (χ2v) is 7.72. The first-order chi connectivity index (χ1) is 13.4. The van der Waals surface area contributed by atoms with Gasteiger partial charge in [-0.15, -0.1) is 0 Å². The van der Waals surface area contributed by atoms with Crippen molar-refractivity contribution < 1.29 is 14.5 Å². The minimum Gasteiger partial charge on any atom is -0.339 e. The van der Waals surface area contributed by atoms with Gasteiger partial charge in [0.2, 0.25) is 5.91 Å². The number of nitrogens with zero attached hydrogens (tertiary/aromatic N) is 4. The summed E-state index contributed by atoms with van der Waals surface area (Å²) in [6.07, 6.45) is 3.46. The van der Waals surface area contributed by atoms with Crippen LogP contribution in [-0.2, 0) is 4.79 Å². The van der Waals surface area contributed by atoms with Crippen molar-refractivity contribution in [3.8, 4) is 0 Å². The number of carbonyl (C=O) groups is 2. The average Bonchev–Trinajstić information content (AvgIpc) is 3.26. The molecule has 0 radical (unpaired) electrons. The third kappa shape index (κ3) is 4.26. The lowest BCUT2D eigenvalue weighted by Gasteiger charge is -2.36. The summed E-state index contributed by atoms with van der Waals surface area (Å²) in [6, 6.07) is 6.26. The van der Waals surface area contributed by atoms with Crippen molar-refractivity contribution in [1.82, 2.24) is 14.7 Å². The topological polar surface area (TPSA) is 87.0 Å². The van der Waals surface area contributed by atoms with E-state index in [1.807, 2.05) is 16.7 Å². The molecule has 2 fully saturated rings. The molecule has 0 spiro atoms. The molecule has 0 aliphatic carbocycles. The van der Waals surface area contributed by atoms with Gasteiger partial charge in [-0.25, -0.2) is 4.79 Å². The third-order valence-electron chi connectivity index (χ3n) is 5.98. The Labute approximate surface area is 165 Å². The first kappa shape index (κ1) is 20.1. The molecule has 0 N–H and O–H groups in total. The Morgan fingerprint density at radius 3 is 2.36 bits per heavy atom. The highest BCUT2D eigenvalue weighted by Crippen LogP contribution is 2.27. The van der Waals surface area contributed by atoms with E-state index in [-0.39, 0.29) is 29.6 Å². The quantitative estimate of drug-likeness (QED) is 0.586. The van der Waals surface area contributed by atoms with Gasteiger partial charge in [-0.3, -0.25) is 14.9 Å². The van der Waals surface area contributed by atoms with Crippen LogP contribution in [0.3, 0.4) is 0 Å². The number of benzene rings is 1. The Bertz CT molecular complexity index is 739. The fourth-order valence-corrected chi connectivity index (χ4v) is 4.03. The number of nitro groups is 1. The SMILES string of the molecule is CC(c1cccc([N+](=O)[O-])c1)N(C)C(=O)C1CCN(C(=O)N2CCCC2)CC1. The number of hydrogen-bond acceptors (Lipinski definition) is 4. The molecule has 1 aromatic rings. The van der Waals surface area contributed by atoms with Crippen LogP contribution in [0.2, 0.25) is 0 Å². The molecule has 2 aliphatic rings. The minimum absolute atomic E-state index is 0.0268. The summed E-state index contributed by atoms with van der Waals surface area (Å²) in [7, 11) is 1.74. The summed E-state index contributed by atoms with van der Waals surface area (Å²) in [5.41, 5.74) is 0.769.